The van der Waals surface area contributed by atoms with Gasteiger partial charge in [-0.15, -0.1) is 0 Å². The number of piperidine rings is 1. The van der Waals surface area contributed by atoms with Crippen LogP contribution in [0, 0.1) is 0 Å². The number of nitrogens with zero attached hydrogens (tertiary/aromatic N) is 3. The van der Waals surface area contributed by atoms with Crippen molar-refractivity contribution in [2.75, 3.05) is 19.6 Å². The predicted octanol–water partition coefficient (Wildman–Crippen LogP) is 0.0164. The number of rotatable bonds is 4. The zero-order valence-corrected chi connectivity index (χ0v) is 10.6. The Morgan fingerprint density at radius 3 is 2.53 bits per heavy atom. The van der Waals surface area contributed by atoms with E-state index in [-0.39, 0.29) is 5.03 Å². The van der Waals surface area contributed by atoms with Crippen molar-refractivity contribution < 1.29 is 8.42 Å². The molecule has 1 fully saturated rings. The Balaban J connectivity index is 1.89. The van der Waals surface area contributed by atoms with Gasteiger partial charge in [0.25, 0.3) is 10.0 Å². The molecule has 1 aromatic rings. The lowest BCUT2D eigenvalue weighted by atomic mass is 10.1. The molecule has 0 radical (unpaired) electrons. The number of aromatic nitrogens is 2. The van der Waals surface area contributed by atoms with Crippen molar-refractivity contribution in [3.8, 4) is 0 Å². The van der Waals surface area contributed by atoms with Crippen molar-refractivity contribution in [3.05, 3.63) is 12.3 Å². The molecule has 1 aliphatic rings. The molecule has 0 unspecified atom stereocenters. The number of hydrogen-bond acceptors (Lipinski definition) is 4. The Hall–Kier alpha value is -0.920. The molecule has 0 atom stereocenters. The number of likely N-dealkylation sites (tertiary alicyclic amines) is 1. The van der Waals surface area contributed by atoms with Crippen LogP contribution in [0.3, 0.4) is 0 Å². The third-order valence-corrected chi connectivity index (χ3v) is 3.80. The molecule has 0 spiro atoms. The van der Waals surface area contributed by atoms with Gasteiger partial charge in [0.05, 0.1) is 6.54 Å². The van der Waals surface area contributed by atoms with Gasteiger partial charge in [-0.1, -0.05) is 6.42 Å². The fraction of sp³-hybridized carbons (Fsp3) is 0.700. The van der Waals surface area contributed by atoms with Gasteiger partial charge in [-0.3, -0.25) is 4.68 Å². The van der Waals surface area contributed by atoms with Gasteiger partial charge < -0.3 is 4.90 Å². The van der Waals surface area contributed by atoms with Crippen LogP contribution in [0.25, 0.3) is 0 Å². The van der Waals surface area contributed by atoms with E-state index in [1.165, 1.54) is 25.3 Å². The Morgan fingerprint density at radius 2 is 1.94 bits per heavy atom. The molecule has 0 amide bonds. The third kappa shape index (κ3) is 3.52. The van der Waals surface area contributed by atoms with E-state index >= 15 is 0 Å². The quantitative estimate of drug-likeness (QED) is 0.825. The Labute approximate surface area is 101 Å². The van der Waals surface area contributed by atoms with Crippen LogP contribution in [0.15, 0.2) is 17.3 Å². The van der Waals surface area contributed by atoms with Crippen molar-refractivity contribution in [1.82, 2.24) is 14.7 Å². The lowest BCUT2D eigenvalue weighted by Crippen LogP contribution is -2.32. The lowest BCUT2D eigenvalue weighted by Gasteiger charge is -2.26. The van der Waals surface area contributed by atoms with E-state index in [0.717, 1.165) is 19.6 Å². The van der Waals surface area contributed by atoms with Gasteiger partial charge in [-0.05, 0) is 32.0 Å². The maximum absolute atomic E-state index is 11.0. The topological polar surface area (TPSA) is 81.2 Å². The van der Waals surface area contributed by atoms with E-state index in [1.807, 2.05) is 0 Å². The monoisotopic (exact) mass is 258 g/mol. The fourth-order valence-corrected chi connectivity index (χ4v) is 2.52. The standard InChI is InChI=1S/C10H18N4O2S/c11-17(15,16)10-4-7-14(12-10)9-8-13-5-2-1-3-6-13/h4,7H,1-3,5-6,8-9H2,(H2,11,15,16). The Kier molecular flexibility index (Phi) is 3.80. The smallest absolute Gasteiger partial charge is 0.257 e. The second kappa shape index (κ2) is 5.16. The van der Waals surface area contributed by atoms with Gasteiger partial charge in [-0.2, -0.15) is 5.10 Å². The van der Waals surface area contributed by atoms with Gasteiger partial charge in [0, 0.05) is 12.7 Å². The second-order valence-corrected chi connectivity index (χ2v) is 5.87. The van der Waals surface area contributed by atoms with Crippen molar-refractivity contribution in [2.45, 2.75) is 30.8 Å². The molecule has 0 bridgehead atoms. The first kappa shape index (κ1) is 12.5. The van der Waals surface area contributed by atoms with Crippen LogP contribution in [0.1, 0.15) is 19.3 Å². The molecule has 1 saturated heterocycles. The minimum Gasteiger partial charge on any atom is -0.301 e. The van der Waals surface area contributed by atoms with Crippen LogP contribution >= 0.6 is 0 Å². The summed E-state index contributed by atoms with van der Waals surface area (Å²) in [4.78, 5) is 2.38. The SMILES string of the molecule is NS(=O)(=O)c1ccn(CCN2CCCCC2)n1. The molecule has 0 aromatic carbocycles. The van der Waals surface area contributed by atoms with Gasteiger partial charge in [0.1, 0.15) is 0 Å². The van der Waals surface area contributed by atoms with Crippen LogP contribution in [0.4, 0.5) is 0 Å². The first-order chi connectivity index (χ1) is 8.05. The second-order valence-electron chi connectivity index (χ2n) is 4.36. The largest absolute Gasteiger partial charge is 0.301 e. The van der Waals surface area contributed by atoms with Crippen molar-refractivity contribution in [3.63, 3.8) is 0 Å². The summed E-state index contributed by atoms with van der Waals surface area (Å²) in [6.45, 7) is 3.87. The number of sulfonamides is 1. The Morgan fingerprint density at radius 1 is 1.24 bits per heavy atom. The van der Waals surface area contributed by atoms with Gasteiger partial charge in [-0.25, -0.2) is 13.6 Å². The molecule has 6 nitrogen and oxygen atoms in total. The highest BCUT2D eigenvalue weighted by molar-refractivity contribution is 7.89. The zero-order chi connectivity index (χ0) is 12.3. The Bertz CT molecular complexity index is 462. The summed E-state index contributed by atoms with van der Waals surface area (Å²) >= 11 is 0. The van der Waals surface area contributed by atoms with Crippen LogP contribution < -0.4 is 5.14 Å². The maximum atomic E-state index is 11.0. The lowest BCUT2D eigenvalue weighted by molar-refractivity contribution is 0.217. The molecule has 1 aliphatic heterocycles. The molecule has 2 N–H and O–H groups in total. The van der Waals surface area contributed by atoms with Crippen molar-refractivity contribution in [1.29, 1.82) is 0 Å². The number of primary sulfonamides is 1. The minimum absolute atomic E-state index is 0.0591. The highest BCUT2D eigenvalue weighted by Crippen LogP contribution is 2.08. The third-order valence-electron chi connectivity index (χ3n) is 3.00. The molecular weight excluding hydrogens is 240 g/mol. The summed E-state index contributed by atoms with van der Waals surface area (Å²) in [6, 6.07) is 1.44. The summed E-state index contributed by atoms with van der Waals surface area (Å²) in [7, 11) is -3.67. The van der Waals surface area contributed by atoms with Crippen molar-refractivity contribution in [2.24, 2.45) is 5.14 Å². The minimum atomic E-state index is -3.67. The molecular formula is C10H18N4O2S. The summed E-state index contributed by atoms with van der Waals surface area (Å²) in [5.74, 6) is 0. The molecule has 2 rings (SSSR count). The van der Waals surface area contributed by atoms with E-state index in [4.69, 9.17) is 5.14 Å². The van der Waals surface area contributed by atoms with E-state index in [0.29, 0.717) is 6.54 Å². The first-order valence-corrected chi connectivity index (χ1v) is 7.39. The molecule has 2 heterocycles. The molecule has 17 heavy (non-hydrogen) atoms. The maximum Gasteiger partial charge on any atom is 0.257 e. The van der Waals surface area contributed by atoms with E-state index in [1.54, 1.807) is 10.9 Å². The van der Waals surface area contributed by atoms with Gasteiger partial charge in [0.15, 0.2) is 5.03 Å². The van der Waals surface area contributed by atoms with Crippen LogP contribution in [-0.2, 0) is 16.6 Å². The van der Waals surface area contributed by atoms with Crippen LogP contribution in [0.5, 0.6) is 0 Å². The fourth-order valence-electron chi connectivity index (χ4n) is 2.05. The van der Waals surface area contributed by atoms with E-state index < -0.39 is 10.0 Å². The molecule has 0 aliphatic carbocycles. The van der Waals surface area contributed by atoms with Crippen molar-refractivity contribution >= 4 is 10.0 Å². The van der Waals surface area contributed by atoms with Crippen LogP contribution in [0.2, 0.25) is 0 Å². The average Bonchev–Trinajstić information content (AvgIpc) is 2.76. The van der Waals surface area contributed by atoms with E-state index in [9.17, 15) is 8.42 Å². The highest BCUT2D eigenvalue weighted by Gasteiger charge is 2.13. The molecule has 7 heteroatoms. The average molecular weight is 258 g/mol. The molecule has 1 aromatic heterocycles. The number of nitrogens with two attached hydrogens (primary N) is 1. The summed E-state index contributed by atoms with van der Waals surface area (Å²) < 4.78 is 23.7. The van der Waals surface area contributed by atoms with Gasteiger partial charge in [0.2, 0.25) is 0 Å². The normalized spacial score (nSPS) is 18.4. The summed E-state index contributed by atoms with van der Waals surface area (Å²) in [6.07, 6.45) is 5.47. The molecule has 0 saturated carbocycles. The predicted molar refractivity (Wildman–Crippen MR) is 63.9 cm³/mol. The zero-order valence-electron chi connectivity index (χ0n) is 9.75. The molecule has 96 valence electrons. The number of hydrogen-bond donors (Lipinski definition) is 1. The highest BCUT2D eigenvalue weighted by atomic mass is 32.2. The van der Waals surface area contributed by atoms with Gasteiger partial charge >= 0.3 is 0 Å². The van der Waals surface area contributed by atoms with E-state index in [2.05, 4.69) is 10.00 Å². The summed E-state index contributed by atoms with van der Waals surface area (Å²) in [5, 5.41) is 8.88. The summed E-state index contributed by atoms with van der Waals surface area (Å²) in [5.41, 5.74) is 0. The first-order valence-electron chi connectivity index (χ1n) is 5.84. The van der Waals surface area contributed by atoms with Crippen LogP contribution in [-0.4, -0.2) is 42.7 Å².